The molecule has 1 N–H and O–H groups in total. The summed E-state index contributed by atoms with van der Waals surface area (Å²) < 4.78 is 33.2. The summed E-state index contributed by atoms with van der Waals surface area (Å²) >= 11 is 0. The van der Waals surface area contributed by atoms with Crippen molar-refractivity contribution in [2.24, 2.45) is 34.1 Å². The molecule has 16 aromatic rings. The minimum absolute atomic E-state index is 0.0557. The molecule has 21 rings (SSSR count). The first-order valence-electron chi connectivity index (χ1n) is 42.9. The summed E-state index contributed by atoms with van der Waals surface area (Å²) in [6.45, 7) is 8.71. The van der Waals surface area contributed by atoms with Gasteiger partial charge in [-0.25, -0.2) is 0 Å². The molecular weight excluding hydrogens is 1530 g/mol. The predicted octanol–water partition coefficient (Wildman–Crippen LogP) is 17.0. The van der Waals surface area contributed by atoms with Crippen molar-refractivity contribution in [1.29, 1.82) is 0 Å². The summed E-state index contributed by atoms with van der Waals surface area (Å²) in [5.74, 6) is 2.27. The van der Waals surface area contributed by atoms with Gasteiger partial charge in [0.15, 0.2) is 0 Å². The predicted molar refractivity (Wildman–Crippen MR) is 488 cm³/mol. The van der Waals surface area contributed by atoms with Gasteiger partial charge >= 0.3 is 0 Å². The van der Waals surface area contributed by atoms with Crippen LogP contribution in [0.5, 0.6) is 17.2 Å². The summed E-state index contributed by atoms with van der Waals surface area (Å²) in [6, 6.07) is 72.6. The number of rotatable bonds is 15. The first kappa shape index (κ1) is 80.5. The molecule has 2 aliphatic carbocycles. The molecule has 123 heavy (non-hydrogen) atoms. The molecule has 0 radical (unpaired) electrons. The van der Waals surface area contributed by atoms with Crippen LogP contribution in [0.15, 0.2) is 275 Å². The Balaban J connectivity index is 0.000000112. The van der Waals surface area contributed by atoms with Crippen LogP contribution in [0.25, 0.3) is 77.6 Å². The largest absolute Gasteiger partial charge is 0.489 e. The molecule has 1 saturated carbocycles. The third kappa shape index (κ3) is 16.8. The summed E-state index contributed by atoms with van der Waals surface area (Å²) in [5, 5.41) is 8.45. The number of hydrogen-bond donors (Lipinski definition) is 1. The lowest BCUT2D eigenvalue weighted by Gasteiger charge is -2.30. The van der Waals surface area contributed by atoms with Crippen LogP contribution in [-0.2, 0) is 105 Å². The average molecular weight is 1640 g/mol. The van der Waals surface area contributed by atoms with Gasteiger partial charge in [0, 0.05) is 201 Å². The summed E-state index contributed by atoms with van der Waals surface area (Å²) in [5.41, 5.74) is 24.8. The average Bonchev–Trinajstić information content (AvgIpc) is 1.66. The molecule has 20 heteroatoms. The third-order valence-corrected chi connectivity index (χ3v) is 25.4. The number of pyridine rings is 5. The van der Waals surface area contributed by atoms with Gasteiger partial charge < -0.3 is 47.6 Å². The van der Waals surface area contributed by atoms with Crippen molar-refractivity contribution < 1.29 is 19.0 Å². The van der Waals surface area contributed by atoms with Crippen LogP contribution in [-0.4, -0.2) is 83.9 Å². The van der Waals surface area contributed by atoms with Gasteiger partial charge in [-0.2, -0.15) is 0 Å². The van der Waals surface area contributed by atoms with Gasteiger partial charge in [-0.05, 0) is 201 Å². The fraction of sp³-hybridized carbons (Fsp3) is 0.262. The van der Waals surface area contributed by atoms with Crippen LogP contribution < -0.4 is 41.8 Å². The number of hydrogen-bond acceptors (Lipinski definition) is 11. The highest BCUT2D eigenvalue weighted by Gasteiger charge is 2.32. The number of carbonyl (C=O) groups excluding carboxylic acids is 1. The van der Waals surface area contributed by atoms with E-state index < -0.39 is 0 Å². The Morgan fingerprint density at radius 1 is 0.398 bits per heavy atom. The van der Waals surface area contributed by atoms with E-state index in [1.54, 1.807) is 55.1 Å². The maximum absolute atomic E-state index is 13.0. The van der Waals surface area contributed by atoms with Crippen LogP contribution in [0.2, 0.25) is 0 Å². The van der Waals surface area contributed by atoms with Crippen molar-refractivity contribution in [3.8, 4) is 51.3 Å². The van der Waals surface area contributed by atoms with E-state index in [0.29, 0.717) is 49.5 Å². The normalized spacial score (nSPS) is 14.3. The number of nitrogens with one attached hydrogen (secondary N) is 1. The molecule has 1 fully saturated rings. The molecule has 0 saturated heterocycles. The van der Waals surface area contributed by atoms with Gasteiger partial charge in [-0.3, -0.25) is 47.2 Å². The molecule has 622 valence electrons. The van der Waals surface area contributed by atoms with Gasteiger partial charge in [-0.15, -0.1) is 0 Å². The first-order valence-corrected chi connectivity index (χ1v) is 42.9. The highest BCUT2D eigenvalue weighted by Crippen LogP contribution is 2.38. The Labute approximate surface area is 714 Å². The van der Waals surface area contributed by atoms with E-state index in [1.807, 2.05) is 171 Å². The van der Waals surface area contributed by atoms with Crippen molar-refractivity contribution in [2.45, 2.75) is 117 Å². The Kier molecular flexibility index (Phi) is 23.1. The third-order valence-electron chi connectivity index (χ3n) is 25.4. The number of likely N-dealkylation sites (N-methyl/N-ethyl adjacent to an activating group) is 1. The van der Waals surface area contributed by atoms with Crippen LogP contribution in [0.3, 0.4) is 0 Å². The van der Waals surface area contributed by atoms with Crippen LogP contribution >= 0.6 is 0 Å². The number of nitrogens with zero attached hydrogens (tertiary/aromatic N) is 11. The molecule has 9 aromatic heterocycles. The van der Waals surface area contributed by atoms with E-state index in [2.05, 4.69) is 122 Å². The molecule has 7 aromatic carbocycles. The van der Waals surface area contributed by atoms with Gasteiger partial charge in [-0.1, -0.05) is 122 Å². The fourth-order valence-electron chi connectivity index (χ4n) is 18.7. The molecule has 1 amide bonds. The Hall–Kier alpha value is -13.6. The van der Waals surface area contributed by atoms with E-state index in [9.17, 15) is 24.0 Å². The maximum Gasteiger partial charge on any atom is 0.258 e. The second-order valence-electron chi connectivity index (χ2n) is 33.2. The lowest BCUT2D eigenvalue weighted by molar-refractivity contribution is -0.136. The van der Waals surface area contributed by atoms with Crippen molar-refractivity contribution >= 4 is 49.5 Å². The van der Waals surface area contributed by atoms with Crippen molar-refractivity contribution in [1.82, 2.24) is 56.6 Å². The van der Waals surface area contributed by atoms with Gasteiger partial charge in [0.25, 0.3) is 22.2 Å². The number of amides is 1. The zero-order valence-corrected chi connectivity index (χ0v) is 70.7. The summed E-state index contributed by atoms with van der Waals surface area (Å²) in [6.07, 6.45) is 21.2. The number of ether oxygens (including phenoxy) is 3. The molecule has 0 atom stereocenters. The monoisotopic (exact) mass is 1630 g/mol. The van der Waals surface area contributed by atoms with Gasteiger partial charge in [0.2, 0.25) is 5.91 Å². The SMILES string of the molecule is CN1CCc2c(n(C)c3ccc(-n4ccc(OCc5ccccc5)cc4=O)cc23)C1.Cc1ccc(-c2ccn(-c3ccc4c5c(n(C)c4c3)CCNC5)c(=O)c2)nc1.Cn1c2c(c3cc(-n4ccc(OCc5ccccc5)cc4=O)ccc31)CCCC2.Cn1c2c(c3ccc(-n4ccc(OCc5ccccc5)cc4=O)cc31)CCN(C(=O)C1CCCC1)C2. The first-order chi connectivity index (χ1) is 60.0. The maximum atomic E-state index is 13.0. The highest BCUT2D eigenvalue weighted by atomic mass is 16.5. The highest BCUT2D eigenvalue weighted by molar-refractivity contribution is 5.91. The molecule has 3 aliphatic heterocycles. The molecule has 5 aliphatic rings. The second kappa shape index (κ2) is 35.3. The van der Waals surface area contributed by atoms with E-state index >= 15 is 0 Å². The number of fused-ring (bicyclic) bond motifs is 12. The number of carbonyl (C=O) groups is 1. The molecule has 0 spiro atoms. The standard InChI is InChI=1S/C30H31N3O3.C25H25N3O2.C25H24N2O2.C23H22N4O/c1-31-27-17-23(33-16-13-24(18-29(33)34)36-20-21-7-3-2-4-8-21)11-12-25(27)26-14-15-32(19-28(26)31)30(35)22-9-5-6-10-22;1-26-12-11-21-22-14-19(8-9-23(22)27(2)24(21)16-26)28-13-10-20(15-25(28)29)30-17-18-6-4-3-5-7-18;1-26-23-10-6-5-9-21(23)22-15-19(11-12-24(22)26)27-14-13-20(16-25(27)28)29-17-18-7-3-2-4-8-18;1-15-3-6-20(25-13-15)16-8-10-27(23(28)11-16)17-4-5-18-19-14-24-9-7-21(19)26(2)22(18)12-17/h2-4,7-8,11-13,16-18,22H,5-6,9-10,14-15,19-20H2,1H3;3-10,13-15H,11-12,16-17H2,1-2H3;2-4,7-8,11-16H,5-6,9-10,17H2,1H3;3-6,8,10-13,24H,7,9,14H2,1-2H3. The quantitative estimate of drug-likeness (QED) is 0.103. The summed E-state index contributed by atoms with van der Waals surface area (Å²) in [4.78, 5) is 73.2. The molecule has 12 heterocycles. The minimum Gasteiger partial charge on any atom is -0.489 e. The molecular formula is C103H102N12O8. The van der Waals surface area contributed by atoms with Crippen LogP contribution in [0.1, 0.15) is 106 Å². The molecule has 20 nitrogen and oxygen atoms in total. The Bertz CT molecular complexity index is 6880. The summed E-state index contributed by atoms with van der Waals surface area (Å²) in [7, 11) is 10.6. The number of aromatic nitrogens is 9. The van der Waals surface area contributed by atoms with E-state index in [0.717, 1.165) is 139 Å². The topological polar surface area (TPSA) is 184 Å². The van der Waals surface area contributed by atoms with E-state index in [4.69, 9.17) is 14.2 Å². The van der Waals surface area contributed by atoms with Gasteiger partial charge in [0.05, 0.1) is 34.6 Å². The Morgan fingerprint density at radius 2 is 0.837 bits per heavy atom. The van der Waals surface area contributed by atoms with Crippen molar-refractivity contribution in [3.05, 3.63) is 364 Å². The van der Waals surface area contributed by atoms with E-state index in [1.165, 1.54) is 115 Å². The fourth-order valence-corrected chi connectivity index (χ4v) is 18.7. The number of aryl methyl sites for hydroxylation is 6. The lowest BCUT2D eigenvalue weighted by atomic mass is 9.95. The van der Waals surface area contributed by atoms with Crippen LogP contribution in [0.4, 0.5) is 0 Å². The zero-order chi connectivity index (χ0) is 84.4. The van der Waals surface area contributed by atoms with Crippen molar-refractivity contribution in [2.75, 3.05) is 26.7 Å². The zero-order valence-electron chi connectivity index (χ0n) is 70.7. The molecule has 0 bridgehead atoms. The minimum atomic E-state index is -0.132. The van der Waals surface area contributed by atoms with E-state index in [-0.39, 0.29) is 28.2 Å². The molecule has 0 unspecified atom stereocenters. The van der Waals surface area contributed by atoms with Gasteiger partial charge in [0.1, 0.15) is 37.1 Å². The smallest absolute Gasteiger partial charge is 0.258 e. The second-order valence-corrected chi connectivity index (χ2v) is 33.2. The lowest BCUT2D eigenvalue weighted by Crippen LogP contribution is -2.39. The number of benzene rings is 7. The van der Waals surface area contributed by atoms with Crippen LogP contribution in [0, 0.1) is 12.8 Å². The Morgan fingerprint density at radius 3 is 1.36 bits per heavy atom. The van der Waals surface area contributed by atoms with Crippen molar-refractivity contribution in [3.63, 3.8) is 0 Å².